The van der Waals surface area contributed by atoms with E-state index in [0.717, 1.165) is 12.1 Å². The number of likely N-dealkylation sites (N-methyl/N-ethyl adjacent to an activating group) is 1. The zero-order valence-corrected chi connectivity index (χ0v) is 12.0. The second-order valence-electron chi connectivity index (χ2n) is 5.10. The number of hydrogen-bond donors (Lipinski definition) is 2. The van der Waals surface area contributed by atoms with Gasteiger partial charge < -0.3 is 15.3 Å². The first-order valence-corrected chi connectivity index (χ1v) is 6.80. The fourth-order valence-electron chi connectivity index (χ4n) is 2.17. The summed E-state index contributed by atoms with van der Waals surface area (Å²) in [4.78, 5) is 24.4. The quantitative estimate of drug-likeness (QED) is 0.805. The summed E-state index contributed by atoms with van der Waals surface area (Å²) in [5.74, 6) is -3.40. The second-order valence-corrected chi connectivity index (χ2v) is 5.10. The van der Waals surface area contributed by atoms with Gasteiger partial charge in [0.15, 0.2) is 17.4 Å². The molecular weight excluding hydrogens is 294 g/mol. The van der Waals surface area contributed by atoms with Crippen molar-refractivity contribution in [1.82, 2.24) is 10.2 Å². The van der Waals surface area contributed by atoms with Gasteiger partial charge in [0.1, 0.15) is 0 Å². The van der Waals surface area contributed by atoms with Crippen molar-refractivity contribution in [2.75, 3.05) is 20.1 Å². The predicted octanol–water partition coefficient (Wildman–Crippen LogP) is 1.30. The molecule has 0 spiro atoms. The van der Waals surface area contributed by atoms with Gasteiger partial charge in [-0.15, -0.1) is 0 Å². The third-order valence-corrected chi connectivity index (χ3v) is 3.42. The molecule has 0 saturated carbocycles. The lowest BCUT2D eigenvalue weighted by molar-refractivity contribution is -0.126. The van der Waals surface area contributed by atoms with E-state index in [1.54, 1.807) is 0 Å². The molecule has 5 nitrogen and oxygen atoms in total. The Morgan fingerprint density at radius 1 is 1.36 bits per heavy atom. The number of nitrogens with zero attached hydrogens (tertiary/aromatic N) is 1. The molecule has 118 valence electrons. The van der Waals surface area contributed by atoms with Crippen LogP contribution in [0.15, 0.2) is 29.5 Å². The summed E-state index contributed by atoms with van der Waals surface area (Å²) in [5, 5.41) is 12.1. The number of nitrogens with one attached hydrogen (secondary N) is 1. The first-order valence-electron chi connectivity index (χ1n) is 6.80. The van der Waals surface area contributed by atoms with E-state index < -0.39 is 29.2 Å². The molecule has 0 radical (unpaired) electrons. The van der Waals surface area contributed by atoms with Crippen LogP contribution in [0.4, 0.5) is 8.78 Å². The van der Waals surface area contributed by atoms with Crippen LogP contribution in [-0.2, 0) is 16.0 Å². The number of rotatable bonds is 5. The van der Waals surface area contributed by atoms with Crippen molar-refractivity contribution in [2.45, 2.75) is 12.8 Å². The summed E-state index contributed by atoms with van der Waals surface area (Å²) in [7, 11) is 1.49. The molecule has 22 heavy (non-hydrogen) atoms. The topological polar surface area (TPSA) is 69.6 Å². The van der Waals surface area contributed by atoms with Gasteiger partial charge in [0.25, 0.3) is 11.8 Å². The molecule has 2 N–H and O–H groups in total. The van der Waals surface area contributed by atoms with Crippen LogP contribution in [0.1, 0.15) is 12.0 Å². The highest BCUT2D eigenvalue weighted by Gasteiger charge is 2.31. The third kappa shape index (κ3) is 3.41. The van der Waals surface area contributed by atoms with Crippen molar-refractivity contribution in [2.24, 2.45) is 0 Å². The molecule has 0 aliphatic carbocycles. The Morgan fingerprint density at radius 3 is 2.68 bits per heavy atom. The Kier molecular flexibility index (Phi) is 4.75. The summed E-state index contributed by atoms with van der Waals surface area (Å²) in [6.45, 7) is 0.367. The molecule has 0 fully saturated rings. The van der Waals surface area contributed by atoms with E-state index in [1.807, 2.05) is 0 Å². The van der Waals surface area contributed by atoms with Gasteiger partial charge in [0.05, 0.1) is 12.1 Å². The maximum Gasteiger partial charge on any atom is 0.289 e. The van der Waals surface area contributed by atoms with Crippen LogP contribution >= 0.6 is 0 Å². The van der Waals surface area contributed by atoms with Gasteiger partial charge >= 0.3 is 0 Å². The molecule has 7 heteroatoms. The summed E-state index contributed by atoms with van der Waals surface area (Å²) in [6, 6.07) is 3.67. The molecule has 2 rings (SSSR count). The fraction of sp³-hybridized carbons (Fsp3) is 0.333. The Hall–Kier alpha value is -2.44. The first kappa shape index (κ1) is 15.9. The van der Waals surface area contributed by atoms with Gasteiger partial charge in [-0.1, -0.05) is 6.07 Å². The molecule has 1 heterocycles. The van der Waals surface area contributed by atoms with E-state index in [2.05, 4.69) is 5.32 Å². The van der Waals surface area contributed by atoms with Crippen molar-refractivity contribution < 1.29 is 23.5 Å². The summed E-state index contributed by atoms with van der Waals surface area (Å²) >= 11 is 0. The SMILES string of the molecule is CN1CC(C(=O)NCCCc2ccc(F)c(F)c2)=C(O)C1=O. The molecule has 1 aromatic carbocycles. The number of hydrogen-bond acceptors (Lipinski definition) is 3. The first-order chi connectivity index (χ1) is 10.4. The van der Waals surface area contributed by atoms with Crippen LogP contribution < -0.4 is 5.32 Å². The Labute approximate surface area is 126 Å². The maximum atomic E-state index is 13.0. The molecule has 0 atom stereocenters. The summed E-state index contributed by atoms with van der Waals surface area (Å²) in [6.07, 6.45) is 0.996. The van der Waals surface area contributed by atoms with Crippen LogP contribution in [0.25, 0.3) is 0 Å². The van der Waals surface area contributed by atoms with Gasteiger partial charge in [-0.2, -0.15) is 0 Å². The Balaban J connectivity index is 1.80. The van der Waals surface area contributed by atoms with Gasteiger partial charge in [0.2, 0.25) is 0 Å². The number of aliphatic hydroxyl groups excluding tert-OH is 1. The number of amides is 2. The number of halogens is 2. The fourth-order valence-corrected chi connectivity index (χ4v) is 2.17. The van der Waals surface area contributed by atoms with Crippen molar-refractivity contribution in [3.8, 4) is 0 Å². The Bertz CT molecular complexity index is 644. The van der Waals surface area contributed by atoms with Crippen LogP contribution in [0.3, 0.4) is 0 Å². The van der Waals surface area contributed by atoms with Crippen LogP contribution in [-0.4, -0.2) is 42.0 Å². The van der Waals surface area contributed by atoms with Gasteiger partial charge in [-0.05, 0) is 30.5 Å². The zero-order valence-electron chi connectivity index (χ0n) is 12.0. The highest BCUT2D eigenvalue weighted by Crippen LogP contribution is 2.15. The highest BCUT2D eigenvalue weighted by atomic mass is 19.2. The number of aliphatic hydroxyl groups is 1. The minimum Gasteiger partial charge on any atom is -0.503 e. The van der Waals surface area contributed by atoms with E-state index in [9.17, 15) is 23.5 Å². The Morgan fingerprint density at radius 2 is 2.09 bits per heavy atom. The minimum atomic E-state index is -0.899. The van der Waals surface area contributed by atoms with Crippen molar-refractivity contribution >= 4 is 11.8 Å². The monoisotopic (exact) mass is 310 g/mol. The smallest absolute Gasteiger partial charge is 0.289 e. The molecule has 1 aliphatic rings. The molecular formula is C15H16F2N2O3. The maximum absolute atomic E-state index is 13.0. The molecule has 2 amide bonds. The van der Waals surface area contributed by atoms with E-state index in [4.69, 9.17) is 0 Å². The zero-order chi connectivity index (χ0) is 16.3. The van der Waals surface area contributed by atoms with Crippen molar-refractivity contribution in [1.29, 1.82) is 0 Å². The van der Waals surface area contributed by atoms with E-state index in [-0.39, 0.29) is 12.1 Å². The molecule has 0 unspecified atom stereocenters. The number of carbonyl (C=O) groups excluding carboxylic acids is 2. The molecule has 0 bridgehead atoms. The molecule has 1 aromatic rings. The summed E-state index contributed by atoms with van der Waals surface area (Å²) in [5.41, 5.74) is 0.673. The standard InChI is InChI=1S/C15H16F2N2O3/c1-19-8-10(13(20)15(19)22)14(21)18-6-2-3-9-4-5-11(16)12(17)7-9/h4-5,7,20H,2-3,6,8H2,1H3,(H,18,21). The van der Waals surface area contributed by atoms with Gasteiger partial charge in [0, 0.05) is 13.6 Å². The van der Waals surface area contributed by atoms with Crippen molar-refractivity contribution in [3.63, 3.8) is 0 Å². The second kappa shape index (κ2) is 6.55. The van der Waals surface area contributed by atoms with E-state index in [0.29, 0.717) is 24.9 Å². The lowest BCUT2D eigenvalue weighted by atomic mass is 10.1. The molecule has 1 aliphatic heterocycles. The number of carbonyl (C=O) groups is 2. The van der Waals surface area contributed by atoms with Gasteiger partial charge in [-0.3, -0.25) is 9.59 Å². The average Bonchev–Trinajstić information content (AvgIpc) is 2.74. The average molecular weight is 310 g/mol. The molecule has 0 aromatic heterocycles. The lowest BCUT2D eigenvalue weighted by Crippen LogP contribution is -2.29. The highest BCUT2D eigenvalue weighted by molar-refractivity contribution is 6.06. The predicted molar refractivity (Wildman–Crippen MR) is 75.0 cm³/mol. The third-order valence-electron chi connectivity index (χ3n) is 3.42. The number of aryl methyl sites for hydroxylation is 1. The van der Waals surface area contributed by atoms with Crippen molar-refractivity contribution in [3.05, 3.63) is 46.7 Å². The van der Waals surface area contributed by atoms with Crippen LogP contribution in [0, 0.1) is 11.6 Å². The van der Waals surface area contributed by atoms with Gasteiger partial charge in [-0.25, -0.2) is 8.78 Å². The summed E-state index contributed by atoms with van der Waals surface area (Å²) < 4.78 is 25.8. The van der Waals surface area contributed by atoms with E-state index in [1.165, 1.54) is 18.0 Å². The van der Waals surface area contributed by atoms with Crippen LogP contribution in [0.5, 0.6) is 0 Å². The van der Waals surface area contributed by atoms with E-state index >= 15 is 0 Å². The number of benzene rings is 1. The largest absolute Gasteiger partial charge is 0.503 e. The normalized spacial score (nSPS) is 14.7. The molecule has 0 saturated heterocycles. The minimum absolute atomic E-state index is 0.0420. The van der Waals surface area contributed by atoms with Crippen LogP contribution in [0.2, 0.25) is 0 Å². The lowest BCUT2D eigenvalue weighted by Gasteiger charge is -2.08.